The number of aromatic nitrogens is 2. The van der Waals surface area contributed by atoms with E-state index in [1.807, 2.05) is 6.20 Å². The Kier molecular flexibility index (Phi) is 2.96. The summed E-state index contributed by atoms with van der Waals surface area (Å²) in [4.78, 5) is 13.1. The highest BCUT2D eigenvalue weighted by atomic mass is 16.2. The van der Waals surface area contributed by atoms with Crippen LogP contribution in [0.3, 0.4) is 0 Å². The van der Waals surface area contributed by atoms with Crippen LogP contribution in [0.25, 0.3) is 0 Å². The minimum atomic E-state index is 0.0412. The number of hydrogen-bond donors (Lipinski definition) is 1. The van der Waals surface area contributed by atoms with Gasteiger partial charge in [-0.1, -0.05) is 0 Å². The molecule has 5 nitrogen and oxygen atoms in total. The number of fused-ring (bicyclic) bond motifs is 1. The van der Waals surface area contributed by atoms with Crippen LogP contribution in [0.15, 0.2) is 6.20 Å². The van der Waals surface area contributed by atoms with Crippen LogP contribution in [0.2, 0.25) is 0 Å². The summed E-state index contributed by atoms with van der Waals surface area (Å²) in [5, 5.41) is 4.40. The molecule has 0 bridgehead atoms. The molecule has 2 rings (SSSR count). The van der Waals surface area contributed by atoms with E-state index in [1.54, 1.807) is 23.7 Å². The number of nitrogens with zero attached hydrogens (tertiary/aromatic N) is 3. The molecule has 0 aromatic carbocycles. The van der Waals surface area contributed by atoms with Crippen molar-refractivity contribution in [3.8, 4) is 0 Å². The molecule has 0 radical (unpaired) electrons. The molecule has 88 valence electrons. The predicted molar refractivity (Wildman–Crippen MR) is 60.8 cm³/mol. The molecule has 2 N–H and O–H groups in total. The number of carbonyl (C=O) groups excluding carboxylic acids is 1. The molecule has 1 aliphatic carbocycles. The summed E-state index contributed by atoms with van der Waals surface area (Å²) >= 11 is 0. The molecular weight excluding hydrogens is 204 g/mol. The lowest BCUT2D eigenvalue weighted by Crippen LogP contribution is -2.26. The molecule has 0 unspecified atom stereocenters. The van der Waals surface area contributed by atoms with Gasteiger partial charge in [0.05, 0.1) is 5.69 Å². The van der Waals surface area contributed by atoms with E-state index in [9.17, 15) is 4.79 Å². The van der Waals surface area contributed by atoms with Crippen molar-refractivity contribution in [3.63, 3.8) is 0 Å². The van der Waals surface area contributed by atoms with E-state index >= 15 is 0 Å². The van der Waals surface area contributed by atoms with Gasteiger partial charge in [0.15, 0.2) is 0 Å². The number of carbonyl (C=O) groups is 1. The average Bonchev–Trinajstić information content (AvgIpc) is 2.61. The van der Waals surface area contributed by atoms with E-state index in [2.05, 4.69) is 5.10 Å². The fourth-order valence-electron chi connectivity index (χ4n) is 1.99. The van der Waals surface area contributed by atoms with Crippen molar-refractivity contribution in [1.82, 2.24) is 14.7 Å². The van der Waals surface area contributed by atoms with Crippen molar-refractivity contribution in [2.24, 2.45) is 5.73 Å². The van der Waals surface area contributed by atoms with Crippen molar-refractivity contribution in [2.75, 3.05) is 14.1 Å². The first-order valence-corrected chi connectivity index (χ1v) is 5.60. The molecule has 0 saturated heterocycles. The molecule has 16 heavy (non-hydrogen) atoms. The van der Waals surface area contributed by atoms with Crippen LogP contribution in [0.4, 0.5) is 0 Å². The Morgan fingerprint density at radius 1 is 1.69 bits per heavy atom. The first-order chi connectivity index (χ1) is 7.58. The summed E-state index contributed by atoms with van der Waals surface area (Å²) in [5.41, 5.74) is 8.15. The van der Waals surface area contributed by atoms with Crippen LogP contribution in [0.5, 0.6) is 0 Å². The molecule has 1 aromatic heterocycles. The highest BCUT2D eigenvalue weighted by molar-refractivity contribution is 5.75. The minimum Gasteiger partial charge on any atom is -0.347 e. The van der Waals surface area contributed by atoms with E-state index in [1.165, 1.54) is 5.56 Å². The monoisotopic (exact) mass is 222 g/mol. The van der Waals surface area contributed by atoms with Gasteiger partial charge >= 0.3 is 0 Å². The van der Waals surface area contributed by atoms with E-state index < -0.39 is 0 Å². The zero-order chi connectivity index (χ0) is 11.7. The standard InChI is InChI=1S/C11H18N4O/c1-14(2)10(16)7-15-6-8-4-3-5-9(12)11(8)13-15/h6,9H,3-5,7,12H2,1-2H3/t9-/m1/s1. The molecule has 0 fully saturated rings. The lowest BCUT2D eigenvalue weighted by Gasteiger charge is -2.15. The molecule has 5 heteroatoms. The zero-order valence-corrected chi connectivity index (χ0v) is 9.81. The third kappa shape index (κ3) is 2.09. The lowest BCUT2D eigenvalue weighted by molar-refractivity contribution is -0.129. The second-order valence-electron chi connectivity index (χ2n) is 4.52. The molecular formula is C11H18N4O. The summed E-state index contributed by atoms with van der Waals surface area (Å²) < 4.78 is 1.71. The number of hydrogen-bond acceptors (Lipinski definition) is 3. The quantitative estimate of drug-likeness (QED) is 0.783. The Morgan fingerprint density at radius 2 is 2.44 bits per heavy atom. The summed E-state index contributed by atoms with van der Waals surface area (Å²) in [7, 11) is 3.49. The van der Waals surface area contributed by atoms with Crippen LogP contribution in [-0.4, -0.2) is 34.7 Å². The smallest absolute Gasteiger partial charge is 0.243 e. The van der Waals surface area contributed by atoms with Crippen molar-refractivity contribution in [2.45, 2.75) is 31.8 Å². The zero-order valence-electron chi connectivity index (χ0n) is 9.81. The molecule has 1 amide bonds. The molecule has 1 aliphatic rings. The average molecular weight is 222 g/mol. The van der Waals surface area contributed by atoms with Crippen LogP contribution in [0.1, 0.15) is 30.1 Å². The Morgan fingerprint density at radius 3 is 3.06 bits per heavy atom. The van der Waals surface area contributed by atoms with Gasteiger partial charge in [0, 0.05) is 26.3 Å². The van der Waals surface area contributed by atoms with Gasteiger partial charge in [-0.15, -0.1) is 0 Å². The van der Waals surface area contributed by atoms with Gasteiger partial charge in [-0.3, -0.25) is 9.48 Å². The Bertz CT molecular complexity index is 397. The first kappa shape index (κ1) is 11.1. The van der Waals surface area contributed by atoms with E-state index in [0.29, 0.717) is 6.54 Å². The topological polar surface area (TPSA) is 64.2 Å². The Hall–Kier alpha value is -1.36. The van der Waals surface area contributed by atoms with E-state index in [-0.39, 0.29) is 11.9 Å². The van der Waals surface area contributed by atoms with Crippen LogP contribution in [0, 0.1) is 0 Å². The fourth-order valence-corrected chi connectivity index (χ4v) is 1.99. The summed E-state index contributed by atoms with van der Waals surface area (Å²) in [6.45, 7) is 0.298. The normalized spacial score (nSPS) is 19.3. The maximum Gasteiger partial charge on any atom is 0.243 e. The summed E-state index contributed by atoms with van der Waals surface area (Å²) in [5.74, 6) is 0.0495. The van der Waals surface area contributed by atoms with Crippen molar-refractivity contribution >= 4 is 5.91 Å². The summed E-state index contributed by atoms with van der Waals surface area (Å²) in [6.07, 6.45) is 5.09. The van der Waals surface area contributed by atoms with Crippen LogP contribution < -0.4 is 5.73 Å². The van der Waals surface area contributed by atoms with Gasteiger partial charge < -0.3 is 10.6 Å². The van der Waals surface area contributed by atoms with E-state index in [4.69, 9.17) is 5.73 Å². The number of likely N-dealkylation sites (N-methyl/N-ethyl adjacent to an activating group) is 1. The van der Waals surface area contributed by atoms with Gasteiger partial charge in [0.25, 0.3) is 0 Å². The van der Waals surface area contributed by atoms with Gasteiger partial charge in [-0.25, -0.2) is 0 Å². The molecule has 1 aromatic rings. The largest absolute Gasteiger partial charge is 0.347 e. The molecule has 0 spiro atoms. The second-order valence-corrected chi connectivity index (χ2v) is 4.52. The molecule has 1 atom stereocenters. The van der Waals surface area contributed by atoms with Gasteiger partial charge in [0.2, 0.25) is 5.91 Å². The third-order valence-electron chi connectivity index (χ3n) is 2.98. The highest BCUT2D eigenvalue weighted by Crippen LogP contribution is 2.26. The predicted octanol–water partition coefficient (Wildman–Crippen LogP) is 0.307. The number of aryl methyl sites for hydroxylation is 1. The Balaban J connectivity index is 2.15. The molecule has 1 heterocycles. The van der Waals surface area contributed by atoms with Gasteiger partial charge in [0.1, 0.15) is 6.54 Å². The number of rotatable bonds is 2. The first-order valence-electron chi connectivity index (χ1n) is 5.60. The molecule has 0 saturated carbocycles. The maximum atomic E-state index is 11.5. The van der Waals surface area contributed by atoms with Crippen LogP contribution >= 0.6 is 0 Å². The summed E-state index contributed by atoms with van der Waals surface area (Å²) in [6, 6.07) is 0.0412. The second kappa shape index (κ2) is 4.25. The number of nitrogens with two attached hydrogens (primary N) is 1. The Labute approximate surface area is 95.2 Å². The maximum absolute atomic E-state index is 11.5. The minimum absolute atomic E-state index is 0.0412. The lowest BCUT2D eigenvalue weighted by atomic mass is 9.95. The van der Waals surface area contributed by atoms with Crippen LogP contribution in [-0.2, 0) is 17.8 Å². The third-order valence-corrected chi connectivity index (χ3v) is 2.98. The van der Waals surface area contributed by atoms with Gasteiger partial charge in [-0.05, 0) is 24.8 Å². The SMILES string of the molecule is CN(C)C(=O)Cn1cc2c(n1)[C@H](N)CCC2. The highest BCUT2D eigenvalue weighted by Gasteiger charge is 2.21. The van der Waals surface area contributed by atoms with E-state index in [0.717, 1.165) is 25.0 Å². The molecule has 0 aliphatic heterocycles. The van der Waals surface area contributed by atoms with Gasteiger partial charge in [-0.2, -0.15) is 5.10 Å². The van der Waals surface area contributed by atoms with Crippen molar-refractivity contribution < 1.29 is 4.79 Å². The van der Waals surface area contributed by atoms with Crippen molar-refractivity contribution in [3.05, 3.63) is 17.5 Å². The fraction of sp³-hybridized carbons (Fsp3) is 0.636. The van der Waals surface area contributed by atoms with Crippen molar-refractivity contribution in [1.29, 1.82) is 0 Å². The number of amides is 1.